The van der Waals surface area contributed by atoms with Crippen molar-refractivity contribution >= 4 is 23.9 Å². The van der Waals surface area contributed by atoms with E-state index < -0.39 is 29.4 Å². The van der Waals surface area contributed by atoms with E-state index in [1.54, 1.807) is 0 Å². The molecular formula is C17H20O8. The molecule has 1 rings (SSSR count). The fourth-order valence-electron chi connectivity index (χ4n) is 2.43. The summed E-state index contributed by atoms with van der Waals surface area (Å²) in [6, 6.07) is 1.33. The van der Waals surface area contributed by atoms with Crippen molar-refractivity contribution in [1.82, 2.24) is 0 Å². The van der Waals surface area contributed by atoms with Crippen LogP contribution in [0.5, 0.6) is 0 Å². The van der Waals surface area contributed by atoms with Gasteiger partial charge in [0.1, 0.15) is 0 Å². The molecule has 0 radical (unpaired) electrons. The standard InChI is InChI=1S/C17H20O8/c1-6-7-9-8-10(14(18)22-2)12(16(20)24-4)13(17(21)25-5)11(9)15(19)23-3/h8H,6-7H2,1-5H3. The number of methoxy groups -OCH3 is 4. The van der Waals surface area contributed by atoms with E-state index in [4.69, 9.17) is 9.47 Å². The van der Waals surface area contributed by atoms with Gasteiger partial charge in [-0.15, -0.1) is 0 Å². The molecule has 0 saturated carbocycles. The number of carbonyl (C=O) groups is 4. The fourth-order valence-corrected chi connectivity index (χ4v) is 2.43. The Bertz CT molecular complexity index is 705. The molecule has 0 aliphatic carbocycles. The van der Waals surface area contributed by atoms with Gasteiger partial charge in [0.05, 0.1) is 50.7 Å². The van der Waals surface area contributed by atoms with Gasteiger partial charge in [0.15, 0.2) is 0 Å². The van der Waals surface area contributed by atoms with Crippen molar-refractivity contribution in [3.05, 3.63) is 33.9 Å². The van der Waals surface area contributed by atoms with Gasteiger partial charge >= 0.3 is 23.9 Å². The molecule has 25 heavy (non-hydrogen) atoms. The summed E-state index contributed by atoms with van der Waals surface area (Å²) in [7, 11) is 4.46. The second-order valence-corrected chi connectivity index (χ2v) is 4.92. The molecule has 8 heteroatoms. The van der Waals surface area contributed by atoms with Gasteiger partial charge in [-0.3, -0.25) is 0 Å². The average molecular weight is 352 g/mol. The molecule has 0 aliphatic heterocycles. The Morgan fingerprint density at radius 2 is 1.16 bits per heavy atom. The number of benzene rings is 1. The molecule has 0 aliphatic rings. The highest BCUT2D eigenvalue weighted by molar-refractivity contribution is 6.15. The van der Waals surface area contributed by atoms with Crippen molar-refractivity contribution in [3.8, 4) is 0 Å². The van der Waals surface area contributed by atoms with Crippen LogP contribution in [-0.2, 0) is 25.4 Å². The largest absolute Gasteiger partial charge is 0.465 e. The minimum Gasteiger partial charge on any atom is -0.465 e. The monoisotopic (exact) mass is 352 g/mol. The Morgan fingerprint density at radius 3 is 1.60 bits per heavy atom. The zero-order valence-corrected chi connectivity index (χ0v) is 14.8. The Labute approximate surface area is 145 Å². The molecule has 8 nitrogen and oxygen atoms in total. The number of esters is 4. The maximum absolute atomic E-state index is 12.3. The number of hydrogen-bond acceptors (Lipinski definition) is 8. The van der Waals surface area contributed by atoms with E-state index in [-0.39, 0.29) is 16.7 Å². The van der Waals surface area contributed by atoms with Gasteiger partial charge in [0, 0.05) is 0 Å². The van der Waals surface area contributed by atoms with Crippen molar-refractivity contribution in [2.45, 2.75) is 19.8 Å². The lowest BCUT2D eigenvalue weighted by atomic mass is 9.89. The first-order valence-corrected chi connectivity index (χ1v) is 7.40. The zero-order valence-electron chi connectivity index (χ0n) is 14.8. The van der Waals surface area contributed by atoms with E-state index in [2.05, 4.69) is 9.47 Å². The Kier molecular flexibility index (Phi) is 7.10. The Balaban J connectivity index is 4.05. The Hall–Kier alpha value is -2.90. The van der Waals surface area contributed by atoms with Crippen LogP contribution in [0.1, 0.15) is 60.3 Å². The van der Waals surface area contributed by atoms with Crippen molar-refractivity contribution in [2.75, 3.05) is 28.4 Å². The molecule has 0 amide bonds. The van der Waals surface area contributed by atoms with Crippen molar-refractivity contribution in [3.63, 3.8) is 0 Å². The van der Waals surface area contributed by atoms with E-state index in [9.17, 15) is 19.2 Å². The second kappa shape index (κ2) is 8.81. The minimum absolute atomic E-state index is 0.135. The molecule has 136 valence electrons. The highest BCUT2D eigenvalue weighted by Crippen LogP contribution is 2.28. The van der Waals surface area contributed by atoms with E-state index >= 15 is 0 Å². The van der Waals surface area contributed by atoms with Gasteiger partial charge in [0.25, 0.3) is 0 Å². The smallest absolute Gasteiger partial charge is 0.339 e. The summed E-state index contributed by atoms with van der Waals surface area (Å²) in [6.07, 6.45) is 0.975. The maximum atomic E-state index is 12.3. The molecule has 1 aromatic carbocycles. The van der Waals surface area contributed by atoms with Crippen LogP contribution < -0.4 is 0 Å². The van der Waals surface area contributed by atoms with Crippen LogP contribution in [0.15, 0.2) is 6.07 Å². The zero-order chi connectivity index (χ0) is 19.1. The van der Waals surface area contributed by atoms with Crippen LogP contribution in [0.2, 0.25) is 0 Å². The SMILES string of the molecule is CCCc1cc(C(=O)OC)c(C(=O)OC)c(C(=O)OC)c1C(=O)OC. The summed E-state index contributed by atoms with van der Waals surface area (Å²) in [4.78, 5) is 49.0. The first-order valence-electron chi connectivity index (χ1n) is 7.40. The van der Waals surface area contributed by atoms with E-state index in [1.165, 1.54) is 6.07 Å². The van der Waals surface area contributed by atoms with Crippen molar-refractivity contribution < 1.29 is 38.1 Å². The van der Waals surface area contributed by atoms with Crippen LogP contribution in [-0.4, -0.2) is 52.3 Å². The molecule has 0 unspecified atom stereocenters. The topological polar surface area (TPSA) is 105 Å². The van der Waals surface area contributed by atoms with Gasteiger partial charge in [-0.05, 0) is 18.1 Å². The number of carbonyl (C=O) groups excluding carboxylic acids is 4. The molecule has 0 fully saturated rings. The van der Waals surface area contributed by atoms with Crippen molar-refractivity contribution in [2.24, 2.45) is 0 Å². The third-order valence-corrected chi connectivity index (χ3v) is 3.50. The number of hydrogen-bond donors (Lipinski definition) is 0. The summed E-state index contributed by atoms with van der Waals surface area (Å²) in [5, 5.41) is 0. The molecule has 0 atom stereocenters. The van der Waals surface area contributed by atoms with E-state index in [0.717, 1.165) is 28.4 Å². The molecule has 0 bridgehead atoms. The van der Waals surface area contributed by atoms with Crippen molar-refractivity contribution in [1.29, 1.82) is 0 Å². The maximum Gasteiger partial charge on any atom is 0.339 e. The summed E-state index contributed by atoms with van der Waals surface area (Å²) in [5.41, 5.74) is -0.744. The lowest BCUT2D eigenvalue weighted by Gasteiger charge is -2.17. The Morgan fingerprint density at radius 1 is 0.720 bits per heavy atom. The highest BCUT2D eigenvalue weighted by Gasteiger charge is 2.34. The van der Waals surface area contributed by atoms with E-state index in [1.807, 2.05) is 6.92 Å². The van der Waals surface area contributed by atoms with Gasteiger partial charge < -0.3 is 18.9 Å². The highest BCUT2D eigenvalue weighted by atomic mass is 16.5. The molecule has 1 aromatic rings. The van der Waals surface area contributed by atoms with Gasteiger partial charge in [-0.2, -0.15) is 0 Å². The predicted molar refractivity (Wildman–Crippen MR) is 85.8 cm³/mol. The first-order chi connectivity index (χ1) is 11.9. The van der Waals surface area contributed by atoms with Gasteiger partial charge in [-0.25, -0.2) is 19.2 Å². The lowest BCUT2D eigenvalue weighted by molar-refractivity contribution is 0.0520. The lowest BCUT2D eigenvalue weighted by Crippen LogP contribution is -2.24. The molecule has 0 saturated heterocycles. The van der Waals surface area contributed by atoms with Crippen LogP contribution in [0.4, 0.5) is 0 Å². The van der Waals surface area contributed by atoms with Crippen LogP contribution >= 0.6 is 0 Å². The molecule has 0 spiro atoms. The van der Waals surface area contributed by atoms with Gasteiger partial charge in [-0.1, -0.05) is 13.3 Å². The summed E-state index contributed by atoms with van der Waals surface area (Å²) >= 11 is 0. The molecule has 0 N–H and O–H groups in total. The summed E-state index contributed by atoms with van der Waals surface area (Å²) in [5.74, 6) is -3.62. The van der Waals surface area contributed by atoms with Gasteiger partial charge in [0.2, 0.25) is 0 Å². The minimum atomic E-state index is -0.978. The predicted octanol–water partition coefficient (Wildman–Crippen LogP) is 1.79. The van der Waals surface area contributed by atoms with Crippen LogP contribution in [0.3, 0.4) is 0 Å². The third-order valence-electron chi connectivity index (χ3n) is 3.50. The number of aryl methyl sites for hydroxylation is 1. The quantitative estimate of drug-likeness (QED) is 0.563. The fraction of sp³-hybridized carbons (Fsp3) is 0.412. The normalized spacial score (nSPS) is 9.96. The average Bonchev–Trinajstić information content (AvgIpc) is 2.64. The summed E-state index contributed by atoms with van der Waals surface area (Å²) < 4.78 is 18.8. The second-order valence-electron chi connectivity index (χ2n) is 4.92. The molecule has 0 heterocycles. The number of ether oxygens (including phenoxy) is 4. The molecule has 0 aromatic heterocycles. The van der Waals surface area contributed by atoms with E-state index in [0.29, 0.717) is 18.4 Å². The molecular weight excluding hydrogens is 332 g/mol. The van der Waals surface area contributed by atoms with Crippen LogP contribution in [0.25, 0.3) is 0 Å². The first kappa shape index (κ1) is 20.1. The number of rotatable bonds is 6. The third kappa shape index (κ3) is 3.96. The van der Waals surface area contributed by atoms with Crippen LogP contribution in [0, 0.1) is 0 Å². The summed E-state index contributed by atoms with van der Waals surface area (Å²) in [6.45, 7) is 1.85.